The molecule has 1 saturated heterocycles. The molecule has 1 aromatic carbocycles. The van der Waals surface area contributed by atoms with Gasteiger partial charge in [0.25, 0.3) is 5.91 Å². The predicted octanol–water partition coefficient (Wildman–Crippen LogP) is 2.15. The van der Waals surface area contributed by atoms with Gasteiger partial charge in [0.2, 0.25) is 0 Å². The minimum Gasteiger partial charge on any atom is -0.497 e. The molecule has 7 heteroatoms. The van der Waals surface area contributed by atoms with Crippen molar-refractivity contribution in [3.05, 3.63) is 29.3 Å². The Hall–Kier alpha value is -2.15. The minimum absolute atomic E-state index is 0.108. The lowest BCUT2D eigenvalue weighted by Gasteiger charge is -2.22. The molecule has 1 aliphatic heterocycles. The number of hydrogen-bond donors (Lipinski definition) is 2. The Morgan fingerprint density at radius 2 is 2.10 bits per heavy atom. The van der Waals surface area contributed by atoms with Crippen LogP contribution in [0.25, 0.3) is 0 Å². The first-order valence-corrected chi connectivity index (χ1v) is 6.35. The van der Waals surface area contributed by atoms with Crippen molar-refractivity contribution >= 4 is 11.6 Å². The summed E-state index contributed by atoms with van der Waals surface area (Å²) in [4.78, 5) is 12.1. The molecule has 5 nitrogen and oxygen atoms in total. The monoisotopic (exact) mass is 298 g/mol. The summed E-state index contributed by atoms with van der Waals surface area (Å²) < 4.78 is 34.2. The van der Waals surface area contributed by atoms with Crippen LogP contribution in [0.4, 0.5) is 14.5 Å². The first-order valence-electron chi connectivity index (χ1n) is 6.35. The molecule has 114 valence electrons. The van der Waals surface area contributed by atoms with Crippen LogP contribution >= 0.6 is 0 Å². The lowest BCUT2D eigenvalue weighted by Crippen LogP contribution is -2.36. The first kappa shape index (κ1) is 15.2. The molecule has 0 aliphatic carbocycles. The quantitative estimate of drug-likeness (QED) is 0.818. The molecule has 0 radical (unpaired) electrons. The molecule has 1 amide bonds. The van der Waals surface area contributed by atoms with E-state index in [-0.39, 0.29) is 17.3 Å². The van der Waals surface area contributed by atoms with Crippen molar-refractivity contribution < 1.29 is 23.0 Å². The number of nitrogens with one attached hydrogen (secondary N) is 2. The summed E-state index contributed by atoms with van der Waals surface area (Å²) in [5.74, 6) is -0.0231. The third-order valence-electron chi connectivity index (χ3n) is 3.20. The number of anilines is 1. The van der Waals surface area contributed by atoms with Crippen LogP contribution < -0.4 is 20.1 Å². The van der Waals surface area contributed by atoms with Crippen LogP contribution in [0.2, 0.25) is 0 Å². The Morgan fingerprint density at radius 1 is 1.38 bits per heavy atom. The summed E-state index contributed by atoms with van der Waals surface area (Å²) in [6.07, 6.45) is 0. The molecule has 0 aromatic heterocycles. The van der Waals surface area contributed by atoms with Gasteiger partial charge < -0.3 is 20.1 Å². The standard InChI is InChI=1S/C14H16F2N2O3/c1-8(9-6-17-7-9)13(19)18-11-5-10(20-2)3-4-12(11)21-14(15)16/h3-5,14,17H,6-7H2,1-2H3,(H,18,19). The second-order valence-corrected chi connectivity index (χ2v) is 4.53. The fraction of sp³-hybridized carbons (Fsp3) is 0.357. The van der Waals surface area contributed by atoms with Gasteiger partial charge in [0.15, 0.2) is 0 Å². The van der Waals surface area contributed by atoms with Crippen LogP contribution in [0, 0.1) is 0 Å². The molecule has 1 aromatic rings. The van der Waals surface area contributed by atoms with Crippen LogP contribution in [-0.4, -0.2) is 32.7 Å². The maximum absolute atomic E-state index is 12.4. The van der Waals surface area contributed by atoms with Gasteiger partial charge in [0.05, 0.1) is 12.8 Å². The minimum atomic E-state index is -2.97. The average molecular weight is 298 g/mol. The van der Waals surface area contributed by atoms with E-state index < -0.39 is 6.61 Å². The van der Waals surface area contributed by atoms with E-state index >= 15 is 0 Å². The van der Waals surface area contributed by atoms with E-state index in [1.165, 1.54) is 25.3 Å². The van der Waals surface area contributed by atoms with Crippen LogP contribution in [0.3, 0.4) is 0 Å². The topological polar surface area (TPSA) is 59.6 Å². The first-order chi connectivity index (χ1) is 10.0. The smallest absolute Gasteiger partial charge is 0.387 e. The molecule has 1 fully saturated rings. The highest BCUT2D eigenvalue weighted by Gasteiger charge is 2.18. The van der Waals surface area contributed by atoms with Crippen molar-refractivity contribution in [1.29, 1.82) is 0 Å². The maximum atomic E-state index is 12.4. The van der Waals surface area contributed by atoms with Crippen molar-refractivity contribution in [3.8, 4) is 11.5 Å². The number of hydrogen-bond acceptors (Lipinski definition) is 4. The predicted molar refractivity (Wildman–Crippen MR) is 73.8 cm³/mol. The summed E-state index contributed by atoms with van der Waals surface area (Å²) in [6.45, 7) is 0.0544. The molecule has 21 heavy (non-hydrogen) atoms. The van der Waals surface area contributed by atoms with Gasteiger partial charge in [-0.2, -0.15) is 8.78 Å². The highest BCUT2D eigenvalue weighted by Crippen LogP contribution is 2.31. The Kier molecular flexibility index (Phi) is 4.74. The molecular formula is C14H16F2N2O3. The highest BCUT2D eigenvalue weighted by molar-refractivity contribution is 6.05. The zero-order valence-corrected chi connectivity index (χ0v) is 11.7. The number of rotatable bonds is 5. The zero-order valence-electron chi connectivity index (χ0n) is 11.7. The van der Waals surface area contributed by atoms with Gasteiger partial charge in [-0.05, 0) is 24.6 Å². The van der Waals surface area contributed by atoms with Gasteiger partial charge in [-0.3, -0.25) is 4.79 Å². The third-order valence-corrected chi connectivity index (χ3v) is 3.20. The van der Waals surface area contributed by atoms with E-state index in [4.69, 9.17) is 4.74 Å². The van der Waals surface area contributed by atoms with Crippen molar-refractivity contribution in [1.82, 2.24) is 5.32 Å². The van der Waals surface area contributed by atoms with Crippen LogP contribution in [0.5, 0.6) is 11.5 Å². The van der Waals surface area contributed by atoms with Gasteiger partial charge in [-0.15, -0.1) is 0 Å². The van der Waals surface area contributed by atoms with Crippen molar-refractivity contribution in [2.75, 3.05) is 25.5 Å². The number of amides is 1. The number of halogens is 2. The van der Waals surface area contributed by atoms with E-state index in [1.807, 2.05) is 0 Å². The molecule has 1 heterocycles. The molecule has 2 N–H and O–H groups in total. The van der Waals surface area contributed by atoms with Crippen LogP contribution in [-0.2, 0) is 4.79 Å². The molecule has 0 spiro atoms. The van der Waals surface area contributed by atoms with Gasteiger partial charge >= 0.3 is 6.61 Å². The Morgan fingerprint density at radius 3 is 2.62 bits per heavy atom. The third kappa shape index (κ3) is 3.69. The van der Waals surface area contributed by atoms with Crippen LogP contribution in [0.15, 0.2) is 29.3 Å². The SMILES string of the molecule is COc1ccc(OC(F)F)c(NC(=O)C(C)=C2CNC2)c1. The number of alkyl halides is 2. The second-order valence-electron chi connectivity index (χ2n) is 4.53. The lowest BCUT2D eigenvalue weighted by atomic mass is 10.0. The number of carbonyl (C=O) groups excluding carboxylic acids is 1. The molecule has 0 unspecified atom stereocenters. The van der Waals surface area contributed by atoms with Crippen molar-refractivity contribution in [3.63, 3.8) is 0 Å². The summed E-state index contributed by atoms with van der Waals surface area (Å²) in [6, 6.07) is 4.25. The Labute approximate surface area is 120 Å². The maximum Gasteiger partial charge on any atom is 0.387 e. The Bertz CT molecular complexity index is 567. The molecule has 0 atom stereocenters. The van der Waals surface area contributed by atoms with Crippen molar-refractivity contribution in [2.24, 2.45) is 0 Å². The van der Waals surface area contributed by atoms with E-state index in [9.17, 15) is 13.6 Å². The second kappa shape index (κ2) is 6.53. The van der Waals surface area contributed by atoms with E-state index in [2.05, 4.69) is 15.4 Å². The number of methoxy groups -OCH3 is 1. The van der Waals surface area contributed by atoms with E-state index in [0.717, 1.165) is 5.57 Å². The van der Waals surface area contributed by atoms with E-state index in [1.54, 1.807) is 6.92 Å². The zero-order chi connectivity index (χ0) is 15.4. The molecular weight excluding hydrogens is 282 g/mol. The molecule has 0 bridgehead atoms. The van der Waals surface area contributed by atoms with Gasteiger partial charge in [0.1, 0.15) is 11.5 Å². The fourth-order valence-electron chi connectivity index (χ4n) is 1.82. The van der Waals surface area contributed by atoms with Crippen LogP contribution in [0.1, 0.15) is 6.92 Å². The number of ether oxygens (including phenoxy) is 2. The van der Waals surface area contributed by atoms with Crippen molar-refractivity contribution in [2.45, 2.75) is 13.5 Å². The van der Waals surface area contributed by atoms with E-state index in [0.29, 0.717) is 24.4 Å². The van der Waals surface area contributed by atoms with Gasteiger partial charge in [-0.25, -0.2) is 0 Å². The number of carbonyl (C=O) groups is 1. The molecule has 2 rings (SSSR count). The summed E-state index contributed by atoms with van der Waals surface area (Å²) in [7, 11) is 1.45. The number of benzene rings is 1. The average Bonchev–Trinajstić information content (AvgIpc) is 2.38. The summed E-state index contributed by atoms with van der Waals surface area (Å²) in [5.41, 5.74) is 1.71. The lowest BCUT2D eigenvalue weighted by molar-refractivity contribution is -0.113. The van der Waals surface area contributed by atoms with Gasteiger partial charge in [-0.1, -0.05) is 0 Å². The largest absolute Gasteiger partial charge is 0.497 e. The normalized spacial score (nSPS) is 13.7. The Balaban J connectivity index is 2.22. The summed E-state index contributed by atoms with van der Waals surface area (Å²) >= 11 is 0. The molecule has 1 aliphatic rings. The molecule has 0 saturated carbocycles. The highest BCUT2D eigenvalue weighted by atomic mass is 19.3. The van der Waals surface area contributed by atoms with Gasteiger partial charge in [0, 0.05) is 24.7 Å². The summed E-state index contributed by atoms with van der Waals surface area (Å²) in [5, 5.41) is 5.61. The fourth-order valence-corrected chi connectivity index (χ4v) is 1.82.